The molecule has 0 aliphatic heterocycles. The maximum Gasteiger partial charge on any atom is 0.118 e. The second kappa shape index (κ2) is 7.35. The Morgan fingerprint density at radius 1 is 0.818 bits per heavy atom. The second-order valence-corrected chi connectivity index (χ2v) is 6.03. The Labute approximate surface area is 133 Å². The molecule has 0 fully saturated rings. The van der Waals surface area contributed by atoms with Crippen molar-refractivity contribution in [3.63, 3.8) is 0 Å². The molecule has 2 rings (SSSR count). The van der Waals surface area contributed by atoms with Crippen LogP contribution in [0.3, 0.4) is 0 Å². The van der Waals surface area contributed by atoms with E-state index in [9.17, 15) is 10.2 Å². The van der Waals surface area contributed by atoms with Crippen LogP contribution >= 0.6 is 0 Å². The van der Waals surface area contributed by atoms with Gasteiger partial charge in [0.2, 0.25) is 0 Å². The van der Waals surface area contributed by atoms with E-state index in [1.165, 1.54) is 12.8 Å². The van der Waals surface area contributed by atoms with Crippen LogP contribution in [0, 0.1) is 13.8 Å². The van der Waals surface area contributed by atoms with Gasteiger partial charge in [0.05, 0.1) is 0 Å². The SMILES string of the molecule is CCCCCC(c1cccc(O)c1C)c1cccc(O)c1C. The van der Waals surface area contributed by atoms with E-state index in [1.807, 2.05) is 26.0 Å². The van der Waals surface area contributed by atoms with Crippen molar-refractivity contribution in [1.29, 1.82) is 0 Å². The first kappa shape index (κ1) is 16.4. The Morgan fingerprint density at radius 3 is 1.77 bits per heavy atom. The van der Waals surface area contributed by atoms with Crippen molar-refractivity contribution >= 4 is 0 Å². The Balaban J connectivity index is 2.46. The smallest absolute Gasteiger partial charge is 0.118 e. The van der Waals surface area contributed by atoms with Crippen LogP contribution in [0.25, 0.3) is 0 Å². The van der Waals surface area contributed by atoms with E-state index in [4.69, 9.17) is 0 Å². The van der Waals surface area contributed by atoms with Crippen LogP contribution in [0.1, 0.15) is 60.8 Å². The number of hydrogen-bond acceptors (Lipinski definition) is 2. The van der Waals surface area contributed by atoms with Gasteiger partial charge in [0.15, 0.2) is 0 Å². The summed E-state index contributed by atoms with van der Waals surface area (Å²) in [5.74, 6) is 0.900. The number of hydrogen-bond donors (Lipinski definition) is 2. The summed E-state index contributed by atoms with van der Waals surface area (Å²) in [6.07, 6.45) is 4.56. The topological polar surface area (TPSA) is 40.5 Å². The highest BCUT2D eigenvalue weighted by atomic mass is 16.3. The number of benzene rings is 2. The van der Waals surface area contributed by atoms with Crippen LogP contribution in [0.4, 0.5) is 0 Å². The number of phenolic OH excluding ortho intramolecular Hbond substituents is 2. The van der Waals surface area contributed by atoms with Crippen molar-refractivity contribution in [3.8, 4) is 11.5 Å². The maximum atomic E-state index is 10.0. The first-order valence-electron chi connectivity index (χ1n) is 8.13. The van der Waals surface area contributed by atoms with Crippen LogP contribution in [0.15, 0.2) is 36.4 Å². The molecule has 2 nitrogen and oxygen atoms in total. The molecule has 0 saturated heterocycles. The molecule has 2 aromatic carbocycles. The number of unbranched alkanes of at least 4 members (excludes halogenated alkanes) is 2. The molecular weight excluding hydrogens is 272 g/mol. The lowest BCUT2D eigenvalue weighted by molar-refractivity contribution is 0.467. The third kappa shape index (κ3) is 3.44. The van der Waals surface area contributed by atoms with Gasteiger partial charge in [-0.25, -0.2) is 0 Å². The van der Waals surface area contributed by atoms with Crippen LogP contribution < -0.4 is 0 Å². The lowest BCUT2D eigenvalue weighted by atomic mass is 9.82. The molecule has 0 bridgehead atoms. The number of aromatic hydroxyl groups is 2. The lowest BCUT2D eigenvalue weighted by Crippen LogP contribution is -2.06. The Kier molecular flexibility index (Phi) is 5.48. The number of phenols is 2. The molecule has 0 atom stereocenters. The quantitative estimate of drug-likeness (QED) is 0.698. The fraction of sp³-hybridized carbons (Fsp3) is 0.400. The van der Waals surface area contributed by atoms with Crippen molar-refractivity contribution in [2.75, 3.05) is 0 Å². The van der Waals surface area contributed by atoms with Gasteiger partial charge in [-0.05, 0) is 54.7 Å². The van der Waals surface area contributed by atoms with Crippen LogP contribution in [-0.4, -0.2) is 10.2 Å². The molecule has 118 valence electrons. The fourth-order valence-corrected chi connectivity index (χ4v) is 3.11. The van der Waals surface area contributed by atoms with E-state index in [2.05, 4.69) is 19.1 Å². The minimum atomic E-state index is 0.214. The second-order valence-electron chi connectivity index (χ2n) is 6.03. The molecule has 0 unspecified atom stereocenters. The maximum absolute atomic E-state index is 10.0. The molecule has 0 amide bonds. The molecule has 2 heteroatoms. The third-order valence-electron chi connectivity index (χ3n) is 4.54. The van der Waals surface area contributed by atoms with Crippen LogP contribution in [-0.2, 0) is 0 Å². The summed E-state index contributed by atoms with van der Waals surface area (Å²) in [6.45, 7) is 6.14. The Morgan fingerprint density at radius 2 is 1.32 bits per heavy atom. The predicted molar refractivity (Wildman–Crippen MR) is 91.7 cm³/mol. The lowest BCUT2D eigenvalue weighted by Gasteiger charge is -2.23. The average molecular weight is 298 g/mol. The molecule has 0 aliphatic carbocycles. The van der Waals surface area contributed by atoms with E-state index >= 15 is 0 Å². The molecular formula is C20H26O2. The van der Waals surface area contributed by atoms with Gasteiger partial charge >= 0.3 is 0 Å². The molecule has 0 aromatic heterocycles. The van der Waals surface area contributed by atoms with Crippen LogP contribution in [0.5, 0.6) is 11.5 Å². The van der Waals surface area contributed by atoms with Gasteiger partial charge in [-0.2, -0.15) is 0 Å². The van der Waals surface area contributed by atoms with Gasteiger partial charge < -0.3 is 10.2 Å². The van der Waals surface area contributed by atoms with E-state index < -0.39 is 0 Å². The molecule has 0 radical (unpaired) electrons. The summed E-state index contributed by atoms with van der Waals surface area (Å²) < 4.78 is 0. The fourth-order valence-electron chi connectivity index (χ4n) is 3.11. The van der Waals surface area contributed by atoms with E-state index in [1.54, 1.807) is 12.1 Å². The molecule has 0 aliphatic rings. The minimum Gasteiger partial charge on any atom is -0.508 e. The average Bonchev–Trinajstić information content (AvgIpc) is 2.50. The summed E-state index contributed by atoms with van der Waals surface area (Å²) in [7, 11) is 0. The van der Waals surface area contributed by atoms with Crippen LogP contribution in [0.2, 0.25) is 0 Å². The Bertz CT molecular complexity index is 580. The standard InChI is InChI=1S/C20H26O2/c1-4-5-6-9-18(16-10-7-12-19(21)14(16)2)17-11-8-13-20(22)15(17)3/h7-8,10-13,18,21-22H,4-6,9H2,1-3H3. The van der Waals surface area contributed by atoms with Gasteiger partial charge in [-0.15, -0.1) is 0 Å². The zero-order valence-electron chi connectivity index (χ0n) is 13.8. The van der Waals surface area contributed by atoms with Crippen molar-refractivity contribution in [3.05, 3.63) is 58.7 Å². The minimum absolute atomic E-state index is 0.214. The van der Waals surface area contributed by atoms with Gasteiger partial charge in [0.1, 0.15) is 11.5 Å². The van der Waals surface area contributed by atoms with Crippen molar-refractivity contribution in [2.24, 2.45) is 0 Å². The summed E-state index contributed by atoms with van der Waals surface area (Å²) in [6, 6.07) is 11.5. The normalized spacial score (nSPS) is 11.1. The first-order chi connectivity index (χ1) is 10.6. The van der Waals surface area contributed by atoms with Crippen molar-refractivity contribution < 1.29 is 10.2 Å². The van der Waals surface area contributed by atoms with Gasteiger partial charge in [-0.1, -0.05) is 50.5 Å². The summed E-state index contributed by atoms with van der Waals surface area (Å²) >= 11 is 0. The molecule has 2 aromatic rings. The molecule has 22 heavy (non-hydrogen) atoms. The Hall–Kier alpha value is -1.96. The monoisotopic (exact) mass is 298 g/mol. The van der Waals surface area contributed by atoms with E-state index in [0.717, 1.165) is 35.1 Å². The predicted octanol–water partition coefficient (Wildman–Crippen LogP) is 5.43. The van der Waals surface area contributed by atoms with E-state index in [-0.39, 0.29) is 5.92 Å². The molecule has 0 saturated carbocycles. The van der Waals surface area contributed by atoms with E-state index in [0.29, 0.717) is 11.5 Å². The summed E-state index contributed by atoms with van der Waals surface area (Å²) in [4.78, 5) is 0. The van der Waals surface area contributed by atoms with Crippen molar-refractivity contribution in [1.82, 2.24) is 0 Å². The molecule has 2 N–H and O–H groups in total. The zero-order chi connectivity index (χ0) is 16.1. The highest BCUT2D eigenvalue weighted by Crippen LogP contribution is 2.38. The van der Waals surface area contributed by atoms with Gasteiger partial charge in [-0.3, -0.25) is 0 Å². The highest BCUT2D eigenvalue weighted by Gasteiger charge is 2.20. The third-order valence-corrected chi connectivity index (χ3v) is 4.54. The molecule has 0 spiro atoms. The highest BCUT2D eigenvalue weighted by molar-refractivity contribution is 5.48. The largest absolute Gasteiger partial charge is 0.508 e. The number of rotatable bonds is 6. The zero-order valence-corrected chi connectivity index (χ0v) is 13.8. The van der Waals surface area contributed by atoms with Gasteiger partial charge in [0.25, 0.3) is 0 Å². The summed E-state index contributed by atoms with van der Waals surface area (Å²) in [5, 5.41) is 20.1. The van der Waals surface area contributed by atoms with Crippen molar-refractivity contribution in [2.45, 2.75) is 52.4 Å². The van der Waals surface area contributed by atoms with Gasteiger partial charge in [0, 0.05) is 5.92 Å². The first-order valence-corrected chi connectivity index (χ1v) is 8.13. The summed E-state index contributed by atoms with van der Waals surface area (Å²) in [5.41, 5.74) is 4.19. The molecule has 0 heterocycles.